The van der Waals surface area contributed by atoms with Gasteiger partial charge in [-0.25, -0.2) is 9.78 Å². The summed E-state index contributed by atoms with van der Waals surface area (Å²) in [6.45, 7) is 0. The van der Waals surface area contributed by atoms with E-state index >= 15 is 0 Å². The van der Waals surface area contributed by atoms with E-state index in [4.69, 9.17) is 22.1 Å². The maximum absolute atomic E-state index is 12.5. The molecule has 22 heavy (non-hydrogen) atoms. The van der Waals surface area contributed by atoms with Gasteiger partial charge in [0, 0.05) is 6.20 Å². The number of anilines is 1. The first-order valence-electron chi connectivity index (χ1n) is 7.30. The molecule has 0 aliphatic heterocycles. The van der Waals surface area contributed by atoms with Gasteiger partial charge in [-0.15, -0.1) is 0 Å². The number of nitrogens with one attached hydrogen (secondary N) is 1. The molecule has 0 unspecified atom stereocenters. The molecule has 1 heterocycles. The number of esters is 1. The summed E-state index contributed by atoms with van der Waals surface area (Å²) in [4.78, 5) is 28.7. The lowest BCUT2D eigenvalue weighted by Crippen LogP contribution is -2.55. The fraction of sp³-hybridized carbons (Fsp3) is 0.533. The molecule has 2 rings (SSSR count). The number of nitrogens with two attached hydrogens (primary N) is 1. The predicted molar refractivity (Wildman–Crippen MR) is 83.6 cm³/mol. The molecule has 0 saturated heterocycles. The number of carbonyl (C=O) groups is 2. The molecule has 1 aliphatic carbocycles. The van der Waals surface area contributed by atoms with Crippen LogP contribution in [-0.2, 0) is 9.53 Å². The summed E-state index contributed by atoms with van der Waals surface area (Å²) in [5.41, 5.74) is 5.03. The zero-order chi connectivity index (χ0) is 16.2. The van der Waals surface area contributed by atoms with Gasteiger partial charge < -0.3 is 15.8 Å². The SMILES string of the molecule is COC(=O)C1(NC(=O)c2ncc(Cl)cc2N)CCCCCC1. The predicted octanol–water partition coefficient (Wildman–Crippen LogP) is 2.31. The van der Waals surface area contributed by atoms with E-state index in [9.17, 15) is 9.59 Å². The van der Waals surface area contributed by atoms with Crippen molar-refractivity contribution in [1.29, 1.82) is 0 Å². The zero-order valence-corrected chi connectivity index (χ0v) is 13.3. The van der Waals surface area contributed by atoms with Crippen molar-refractivity contribution in [2.45, 2.75) is 44.1 Å². The van der Waals surface area contributed by atoms with Crippen molar-refractivity contribution in [2.24, 2.45) is 0 Å². The minimum Gasteiger partial charge on any atom is -0.467 e. The van der Waals surface area contributed by atoms with Crippen LogP contribution < -0.4 is 11.1 Å². The summed E-state index contributed by atoms with van der Waals surface area (Å²) < 4.78 is 4.91. The lowest BCUT2D eigenvalue weighted by Gasteiger charge is -2.30. The van der Waals surface area contributed by atoms with Crippen LogP contribution in [0.25, 0.3) is 0 Å². The molecule has 1 aromatic heterocycles. The Labute approximate surface area is 134 Å². The molecule has 0 spiro atoms. The average molecular weight is 326 g/mol. The van der Waals surface area contributed by atoms with Gasteiger partial charge in [0.25, 0.3) is 5.91 Å². The highest BCUT2D eigenvalue weighted by Gasteiger charge is 2.41. The number of methoxy groups -OCH3 is 1. The number of halogens is 1. The van der Waals surface area contributed by atoms with Crippen LogP contribution in [0, 0.1) is 0 Å². The maximum atomic E-state index is 12.5. The minimum atomic E-state index is -1.00. The second-order valence-electron chi connectivity index (χ2n) is 5.53. The molecule has 1 saturated carbocycles. The quantitative estimate of drug-likeness (QED) is 0.657. The van der Waals surface area contributed by atoms with E-state index in [1.807, 2.05) is 0 Å². The second-order valence-corrected chi connectivity index (χ2v) is 5.97. The van der Waals surface area contributed by atoms with Gasteiger partial charge in [0.15, 0.2) is 5.69 Å². The van der Waals surface area contributed by atoms with Crippen LogP contribution in [0.5, 0.6) is 0 Å². The van der Waals surface area contributed by atoms with Crippen molar-refractivity contribution < 1.29 is 14.3 Å². The van der Waals surface area contributed by atoms with Gasteiger partial charge >= 0.3 is 5.97 Å². The molecule has 6 nitrogen and oxygen atoms in total. The largest absolute Gasteiger partial charge is 0.467 e. The third-order valence-corrected chi connectivity index (χ3v) is 4.19. The summed E-state index contributed by atoms with van der Waals surface area (Å²) in [5, 5.41) is 3.15. The average Bonchev–Trinajstić information content (AvgIpc) is 2.72. The fourth-order valence-electron chi connectivity index (χ4n) is 2.83. The number of carbonyl (C=O) groups excluding carboxylic acids is 2. The lowest BCUT2D eigenvalue weighted by molar-refractivity contribution is -0.148. The number of ether oxygens (including phenoxy) is 1. The van der Waals surface area contributed by atoms with Crippen molar-refractivity contribution in [3.8, 4) is 0 Å². The zero-order valence-electron chi connectivity index (χ0n) is 12.5. The Morgan fingerprint density at radius 3 is 2.50 bits per heavy atom. The normalized spacial score (nSPS) is 17.4. The Bertz CT molecular complexity index is 569. The van der Waals surface area contributed by atoms with Gasteiger partial charge in [-0.05, 0) is 18.9 Å². The second kappa shape index (κ2) is 6.96. The number of rotatable bonds is 3. The van der Waals surface area contributed by atoms with Crippen molar-refractivity contribution in [3.63, 3.8) is 0 Å². The van der Waals surface area contributed by atoms with Crippen LogP contribution in [0.2, 0.25) is 5.02 Å². The standard InChI is InChI=1S/C15H20ClN3O3/c1-22-14(21)15(6-4-2-3-5-7-15)19-13(20)12-11(17)8-10(16)9-18-12/h8-9H,2-7,17H2,1H3,(H,19,20). The first-order chi connectivity index (χ1) is 10.5. The van der Waals surface area contributed by atoms with E-state index in [1.54, 1.807) is 0 Å². The van der Waals surface area contributed by atoms with Crippen LogP contribution in [0.4, 0.5) is 5.69 Å². The van der Waals surface area contributed by atoms with Gasteiger partial charge in [0.1, 0.15) is 5.54 Å². The van der Waals surface area contributed by atoms with Crippen molar-refractivity contribution in [2.75, 3.05) is 12.8 Å². The molecule has 1 fully saturated rings. The molecule has 1 aromatic rings. The van der Waals surface area contributed by atoms with E-state index in [0.717, 1.165) is 25.7 Å². The van der Waals surface area contributed by atoms with E-state index < -0.39 is 17.4 Å². The highest BCUT2D eigenvalue weighted by molar-refractivity contribution is 6.30. The summed E-state index contributed by atoms with van der Waals surface area (Å²) in [6.07, 6.45) is 6.26. The smallest absolute Gasteiger partial charge is 0.331 e. The Morgan fingerprint density at radius 1 is 1.32 bits per heavy atom. The molecule has 0 bridgehead atoms. The Balaban J connectivity index is 2.26. The summed E-state index contributed by atoms with van der Waals surface area (Å²) >= 11 is 5.79. The molecule has 0 aromatic carbocycles. The summed E-state index contributed by atoms with van der Waals surface area (Å²) in [7, 11) is 1.33. The van der Waals surface area contributed by atoms with Crippen LogP contribution >= 0.6 is 11.6 Å². The molecule has 1 amide bonds. The van der Waals surface area contributed by atoms with Crippen LogP contribution in [0.15, 0.2) is 12.3 Å². The van der Waals surface area contributed by atoms with E-state index in [1.165, 1.54) is 19.4 Å². The van der Waals surface area contributed by atoms with Gasteiger partial charge in [0.05, 0.1) is 17.8 Å². The lowest BCUT2D eigenvalue weighted by atomic mass is 9.90. The van der Waals surface area contributed by atoms with Gasteiger partial charge in [-0.2, -0.15) is 0 Å². The molecule has 0 radical (unpaired) electrons. The molecular formula is C15H20ClN3O3. The summed E-state index contributed by atoms with van der Waals surface area (Å²) in [5.74, 6) is -0.906. The first kappa shape index (κ1) is 16.5. The maximum Gasteiger partial charge on any atom is 0.331 e. The highest BCUT2D eigenvalue weighted by atomic mass is 35.5. The van der Waals surface area contributed by atoms with Crippen LogP contribution in [-0.4, -0.2) is 29.5 Å². The number of aromatic nitrogens is 1. The number of hydrogen-bond donors (Lipinski definition) is 2. The number of hydrogen-bond acceptors (Lipinski definition) is 5. The highest BCUT2D eigenvalue weighted by Crippen LogP contribution is 2.29. The minimum absolute atomic E-state index is 0.0666. The fourth-order valence-corrected chi connectivity index (χ4v) is 3.00. The monoisotopic (exact) mass is 325 g/mol. The Kier molecular flexibility index (Phi) is 5.24. The molecule has 0 atom stereocenters. The van der Waals surface area contributed by atoms with E-state index in [-0.39, 0.29) is 11.4 Å². The molecule has 7 heteroatoms. The number of nitrogens with zero attached hydrogens (tertiary/aromatic N) is 1. The molecular weight excluding hydrogens is 306 g/mol. The molecule has 1 aliphatic rings. The first-order valence-corrected chi connectivity index (χ1v) is 7.68. The third-order valence-electron chi connectivity index (χ3n) is 3.98. The summed E-state index contributed by atoms with van der Waals surface area (Å²) in [6, 6.07) is 1.46. The van der Waals surface area contributed by atoms with E-state index in [0.29, 0.717) is 17.9 Å². The van der Waals surface area contributed by atoms with Crippen molar-refractivity contribution >= 4 is 29.2 Å². The number of amides is 1. The van der Waals surface area contributed by atoms with Gasteiger partial charge in [-0.1, -0.05) is 37.3 Å². The van der Waals surface area contributed by atoms with Gasteiger partial charge in [-0.3, -0.25) is 4.79 Å². The molecule has 120 valence electrons. The Morgan fingerprint density at radius 2 is 1.95 bits per heavy atom. The van der Waals surface area contributed by atoms with Crippen LogP contribution in [0.3, 0.4) is 0 Å². The third kappa shape index (κ3) is 3.50. The molecule has 3 N–H and O–H groups in total. The van der Waals surface area contributed by atoms with Crippen molar-refractivity contribution in [3.05, 3.63) is 23.0 Å². The van der Waals surface area contributed by atoms with Crippen molar-refractivity contribution in [1.82, 2.24) is 10.3 Å². The Hall–Kier alpha value is -1.82. The van der Waals surface area contributed by atoms with E-state index in [2.05, 4.69) is 10.3 Å². The van der Waals surface area contributed by atoms with Crippen LogP contribution in [0.1, 0.15) is 49.0 Å². The van der Waals surface area contributed by atoms with Gasteiger partial charge in [0.2, 0.25) is 0 Å². The topological polar surface area (TPSA) is 94.3 Å². The number of nitrogen functional groups attached to an aromatic ring is 1. The number of pyridine rings is 1.